The third kappa shape index (κ3) is 17.8. The molecule has 0 aliphatic carbocycles. The maximum atomic E-state index is 11.7. The number of carboxylic acid groups (broad SMARTS) is 1. The van der Waals surface area contributed by atoms with E-state index in [2.05, 4.69) is 60.7 Å². The molecule has 0 aromatic rings. The van der Waals surface area contributed by atoms with Crippen LogP contribution in [0.2, 0.25) is 0 Å². The molecule has 0 aliphatic rings. The molecule has 8 heteroatoms. The highest BCUT2D eigenvalue weighted by molar-refractivity contribution is 5.77. The zero-order chi connectivity index (χ0) is 27.3. The van der Waals surface area contributed by atoms with E-state index in [-0.39, 0.29) is 29.1 Å². The van der Waals surface area contributed by atoms with Crippen molar-refractivity contribution in [3.05, 3.63) is 0 Å². The van der Waals surface area contributed by atoms with Gasteiger partial charge in [-0.1, -0.05) is 27.7 Å². The molecule has 0 radical (unpaired) electrons. The van der Waals surface area contributed by atoms with Crippen molar-refractivity contribution in [3.63, 3.8) is 0 Å². The molecule has 0 rings (SSSR count). The van der Waals surface area contributed by atoms with Crippen LogP contribution >= 0.6 is 0 Å². The molecule has 8 nitrogen and oxygen atoms in total. The Morgan fingerprint density at radius 3 is 1.57 bits per heavy atom. The number of nitrogens with one attached hydrogen (secondary N) is 1. The predicted molar refractivity (Wildman–Crippen MR) is 139 cm³/mol. The maximum Gasteiger partial charge on any atom is 0.329 e. The molecular weight excluding hydrogens is 450 g/mol. The van der Waals surface area contributed by atoms with E-state index >= 15 is 0 Å². The highest BCUT2D eigenvalue weighted by atomic mass is 16.5. The summed E-state index contributed by atoms with van der Waals surface area (Å²) >= 11 is 0. The third-order valence-electron chi connectivity index (χ3n) is 6.70. The molecule has 0 unspecified atom stereocenters. The number of rotatable bonds is 20. The lowest BCUT2D eigenvalue weighted by atomic mass is 9.78. The van der Waals surface area contributed by atoms with Gasteiger partial charge in [0.1, 0.15) is 13.2 Å². The van der Waals surface area contributed by atoms with Crippen molar-refractivity contribution in [2.45, 2.75) is 112 Å². The van der Waals surface area contributed by atoms with Gasteiger partial charge in [-0.2, -0.15) is 0 Å². The fraction of sp³-hybridized carbons (Fsp3) is 0.926. The van der Waals surface area contributed by atoms with Crippen molar-refractivity contribution >= 4 is 11.9 Å². The molecule has 0 saturated heterocycles. The van der Waals surface area contributed by atoms with E-state index in [1.54, 1.807) is 0 Å². The Morgan fingerprint density at radius 2 is 1.14 bits per heavy atom. The second kappa shape index (κ2) is 15.1. The number of amides is 1. The molecule has 0 aromatic carbocycles. The minimum Gasteiger partial charge on any atom is -0.480 e. The lowest BCUT2D eigenvalue weighted by molar-refractivity contribution is -0.143. The average molecular weight is 504 g/mol. The molecule has 0 spiro atoms. The van der Waals surface area contributed by atoms with Crippen molar-refractivity contribution in [2.24, 2.45) is 11.3 Å². The summed E-state index contributed by atoms with van der Waals surface area (Å²) in [7, 11) is 0. The summed E-state index contributed by atoms with van der Waals surface area (Å²) in [4.78, 5) is 22.1. The summed E-state index contributed by atoms with van der Waals surface area (Å²) in [6.07, 6.45) is 3.23. The zero-order valence-electron chi connectivity index (χ0n) is 24.0. The number of carbonyl (C=O) groups is 2. The van der Waals surface area contributed by atoms with Gasteiger partial charge in [0.15, 0.2) is 0 Å². The third-order valence-corrected chi connectivity index (χ3v) is 6.70. The summed E-state index contributed by atoms with van der Waals surface area (Å²) < 4.78 is 23.2. The van der Waals surface area contributed by atoms with Crippen molar-refractivity contribution < 1.29 is 33.6 Å². The smallest absolute Gasteiger partial charge is 0.329 e. The first-order valence-corrected chi connectivity index (χ1v) is 12.9. The van der Waals surface area contributed by atoms with Gasteiger partial charge in [0.25, 0.3) is 0 Å². The summed E-state index contributed by atoms with van der Waals surface area (Å²) in [5.74, 6) is -0.820. The Bertz CT molecular complexity index is 627. The van der Waals surface area contributed by atoms with Gasteiger partial charge in [0.2, 0.25) is 5.91 Å². The highest BCUT2D eigenvalue weighted by Gasteiger charge is 2.27. The number of aliphatic carboxylic acids is 1. The van der Waals surface area contributed by atoms with Crippen LogP contribution in [0.5, 0.6) is 0 Å². The Hall–Kier alpha value is -1.22. The van der Waals surface area contributed by atoms with Crippen LogP contribution in [0.1, 0.15) is 94.9 Å². The molecule has 0 heterocycles. The van der Waals surface area contributed by atoms with Crippen molar-refractivity contribution in [1.29, 1.82) is 0 Å². The Balaban J connectivity index is 4.17. The summed E-state index contributed by atoms with van der Waals surface area (Å²) in [6, 6.07) is 0. The minimum atomic E-state index is -1.10. The van der Waals surface area contributed by atoms with E-state index in [4.69, 9.17) is 24.1 Å². The highest BCUT2D eigenvalue weighted by Crippen LogP contribution is 2.31. The van der Waals surface area contributed by atoms with Gasteiger partial charge < -0.3 is 29.4 Å². The van der Waals surface area contributed by atoms with Crippen LogP contribution in [0, 0.1) is 11.3 Å². The second-order valence-corrected chi connectivity index (χ2v) is 12.2. The molecule has 35 heavy (non-hydrogen) atoms. The molecule has 1 amide bonds. The van der Waals surface area contributed by atoms with Crippen LogP contribution in [0.25, 0.3) is 0 Å². The molecule has 0 saturated carbocycles. The van der Waals surface area contributed by atoms with Crippen molar-refractivity contribution in [2.75, 3.05) is 39.6 Å². The summed E-state index contributed by atoms with van der Waals surface area (Å²) in [5, 5.41) is 11.2. The van der Waals surface area contributed by atoms with Crippen molar-refractivity contribution in [3.8, 4) is 0 Å². The normalized spacial score (nSPS) is 13.3. The molecule has 0 fully saturated rings. The molecule has 208 valence electrons. The first-order chi connectivity index (χ1) is 15.9. The molecule has 2 N–H and O–H groups in total. The van der Waals surface area contributed by atoms with E-state index in [9.17, 15) is 9.59 Å². The molecule has 0 aliphatic heterocycles. The number of hydrogen-bond donors (Lipinski definition) is 2. The van der Waals surface area contributed by atoms with Gasteiger partial charge in [-0.25, -0.2) is 4.79 Å². The quantitative estimate of drug-likeness (QED) is 0.245. The van der Waals surface area contributed by atoms with Crippen LogP contribution in [0.15, 0.2) is 0 Å². The van der Waals surface area contributed by atoms with Gasteiger partial charge in [0.05, 0.1) is 30.0 Å². The first kappa shape index (κ1) is 33.8. The Kier molecular flexibility index (Phi) is 14.6. The average Bonchev–Trinajstić information content (AvgIpc) is 2.66. The Morgan fingerprint density at radius 1 is 0.714 bits per heavy atom. The van der Waals surface area contributed by atoms with Gasteiger partial charge >= 0.3 is 5.97 Å². The topological polar surface area (TPSA) is 103 Å². The van der Waals surface area contributed by atoms with E-state index < -0.39 is 18.2 Å². The van der Waals surface area contributed by atoms with Gasteiger partial charge in [-0.05, 0) is 78.6 Å². The molecule has 0 aromatic heterocycles. The first-order valence-electron chi connectivity index (χ1n) is 12.9. The lowest BCUT2D eigenvalue weighted by Crippen LogP contribution is -2.36. The standard InChI is InChI=1S/C27H53NO7/c1-21(2)24(3,4)12-16-33-26(7,8)14-18-35-27(9,10)13-17-34-25(5,6)11-15-28-22(29)19-32-20-23(30)31/h21H,11-20H2,1-10H3,(H,28,29)(H,30,31). The Labute approximate surface area is 213 Å². The van der Waals surface area contributed by atoms with E-state index in [1.807, 2.05) is 13.8 Å². The van der Waals surface area contributed by atoms with Gasteiger partial charge in [-0.3, -0.25) is 4.79 Å². The summed E-state index contributed by atoms with van der Waals surface area (Å²) in [6.45, 7) is 23.0. The van der Waals surface area contributed by atoms with Gasteiger partial charge in [0, 0.05) is 13.2 Å². The number of hydrogen-bond acceptors (Lipinski definition) is 6. The van der Waals surface area contributed by atoms with Crippen LogP contribution in [-0.4, -0.2) is 73.4 Å². The fourth-order valence-electron chi connectivity index (χ4n) is 3.03. The van der Waals surface area contributed by atoms with Gasteiger partial charge in [-0.15, -0.1) is 0 Å². The zero-order valence-corrected chi connectivity index (χ0v) is 24.0. The maximum absolute atomic E-state index is 11.7. The summed E-state index contributed by atoms with van der Waals surface area (Å²) in [5.41, 5.74) is -0.693. The number of carboxylic acids is 1. The number of ether oxygens (including phenoxy) is 4. The van der Waals surface area contributed by atoms with Crippen LogP contribution < -0.4 is 5.32 Å². The van der Waals surface area contributed by atoms with E-state index in [0.717, 1.165) is 25.9 Å². The SMILES string of the molecule is CC(C)C(C)(C)CCOC(C)(C)CCOC(C)(C)CCOC(C)(C)CCNC(=O)COCC(=O)O. The van der Waals surface area contributed by atoms with Crippen LogP contribution in [-0.2, 0) is 28.5 Å². The molecule has 0 atom stereocenters. The monoisotopic (exact) mass is 503 g/mol. The lowest BCUT2D eigenvalue weighted by Gasteiger charge is -2.33. The fourth-order valence-corrected chi connectivity index (χ4v) is 3.03. The van der Waals surface area contributed by atoms with Crippen LogP contribution in [0.4, 0.5) is 0 Å². The molecular formula is C27H53NO7. The minimum absolute atomic E-state index is 0.231. The largest absolute Gasteiger partial charge is 0.480 e. The second-order valence-electron chi connectivity index (χ2n) is 12.2. The predicted octanol–water partition coefficient (Wildman–Crippen LogP) is 4.83. The molecule has 0 bridgehead atoms. The van der Waals surface area contributed by atoms with Crippen LogP contribution in [0.3, 0.4) is 0 Å². The van der Waals surface area contributed by atoms with E-state index in [0.29, 0.717) is 32.1 Å². The number of carbonyl (C=O) groups excluding carboxylic acids is 1. The van der Waals surface area contributed by atoms with Crippen molar-refractivity contribution in [1.82, 2.24) is 5.32 Å². The van der Waals surface area contributed by atoms with E-state index in [1.165, 1.54) is 0 Å².